The van der Waals surface area contributed by atoms with E-state index in [2.05, 4.69) is 34.3 Å². The van der Waals surface area contributed by atoms with Crippen LogP contribution in [0.5, 0.6) is 0 Å². The Morgan fingerprint density at radius 3 is 2.44 bits per heavy atom. The number of hydrogen-bond donors (Lipinski definition) is 0. The quantitative estimate of drug-likeness (QED) is 0.169. The summed E-state index contributed by atoms with van der Waals surface area (Å²) in [6.45, 7) is 6.36. The zero-order valence-corrected chi connectivity index (χ0v) is 20.7. The smallest absolute Gasteiger partial charge is 0.254 e. The van der Waals surface area contributed by atoms with Crippen molar-refractivity contribution in [3.8, 4) is 0 Å². The van der Waals surface area contributed by atoms with Crippen LogP contribution in [-0.4, -0.2) is 42.3 Å². The summed E-state index contributed by atoms with van der Waals surface area (Å²) in [7, 11) is 0. The van der Waals surface area contributed by atoms with Crippen LogP contribution < -0.4 is 0 Å². The third-order valence-electron chi connectivity index (χ3n) is 7.18. The second-order valence-electron chi connectivity index (χ2n) is 8.86. The van der Waals surface area contributed by atoms with Gasteiger partial charge in [-0.2, -0.15) is 0 Å². The van der Waals surface area contributed by atoms with Crippen LogP contribution in [0, 0.1) is 11.8 Å². The molecule has 3 fully saturated rings. The monoisotopic (exact) mass is 602 g/mol. The van der Waals surface area contributed by atoms with E-state index in [0.717, 1.165) is 44.6 Å². The molecule has 0 radical (unpaired) electrons. The third kappa shape index (κ3) is 5.38. The summed E-state index contributed by atoms with van der Waals surface area (Å²) in [6.07, 6.45) is 13.2. The van der Waals surface area contributed by atoms with Crippen molar-refractivity contribution in [2.24, 2.45) is 11.8 Å². The zero-order chi connectivity index (χ0) is 19.6. The maximum absolute atomic E-state index is 14.4. The Morgan fingerprint density at radius 1 is 1.15 bits per heavy atom. The minimum absolute atomic E-state index is 0.0206. The van der Waals surface area contributed by atoms with E-state index in [4.69, 9.17) is 0 Å². The average Bonchev–Trinajstić information content (AvgIpc) is 2.86. The molecule has 3 nitrogen and oxygen atoms in total. The van der Waals surface area contributed by atoms with Crippen molar-refractivity contribution >= 4 is 51.4 Å². The highest BCUT2D eigenvalue weighted by Crippen LogP contribution is 2.43. The molecule has 154 valence electrons. The van der Waals surface area contributed by atoms with E-state index < -0.39 is 3.68 Å². The second kappa shape index (κ2) is 9.58. The molecule has 0 bridgehead atoms. The molecule has 0 aromatic carbocycles. The Bertz CT molecular complexity index is 531. The van der Waals surface area contributed by atoms with Gasteiger partial charge in [0.15, 0.2) is 3.68 Å². The first-order valence-corrected chi connectivity index (χ1v) is 12.6. The van der Waals surface area contributed by atoms with E-state index in [9.17, 15) is 9.18 Å². The lowest BCUT2D eigenvalue weighted by Gasteiger charge is -2.46. The summed E-state index contributed by atoms with van der Waals surface area (Å²) < 4.78 is 15.2. The van der Waals surface area contributed by atoms with Gasteiger partial charge in [0.05, 0.1) is 28.9 Å². The Morgan fingerprint density at radius 2 is 1.81 bits per heavy atom. The van der Waals surface area contributed by atoms with Crippen molar-refractivity contribution in [2.75, 3.05) is 6.54 Å². The fourth-order valence-corrected chi connectivity index (χ4v) is 6.90. The molecule has 3 rings (SSSR count). The Balaban J connectivity index is 1.74. The summed E-state index contributed by atoms with van der Waals surface area (Å²) in [6, 6.07) is 1.47. The van der Waals surface area contributed by atoms with Crippen molar-refractivity contribution in [1.82, 2.24) is 8.01 Å². The predicted octanol–water partition coefficient (Wildman–Crippen LogP) is 6.05. The van der Waals surface area contributed by atoms with Gasteiger partial charge in [-0.25, -0.2) is 4.39 Å². The average molecular weight is 602 g/mol. The minimum atomic E-state index is -1.09. The van der Waals surface area contributed by atoms with Gasteiger partial charge in [0.25, 0.3) is 5.91 Å². The molecule has 0 aromatic rings. The Labute approximate surface area is 191 Å². The van der Waals surface area contributed by atoms with Crippen molar-refractivity contribution in [1.29, 1.82) is 0 Å². The number of hydrogen-bond acceptors (Lipinski definition) is 2. The maximum Gasteiger partial charge on any atom is 0.254 e. The van der Waals surface area contributed by atoms with Crippen molar-refractivity contribution < 1.29 is 9.18 Å². The number of carbonyl (C=O) groups excluding carboxylic acids is 1. The maximum atomic E-state index is 14.4. The van der Waals surface area contributed by atoms with Gasteiger partial charge in [0.1, 0.15) is 0 Å². The lowest BCUT2D eigenvalue weighted by molar-refractivity contribution is -0.122. The van der Waals surface area contributed by atoms with Crippen LogP contribution in [-0.2, 0) is 4.79 Å². The Hall–Kier alpha value is 0.560. The molecular weight excluding hydrogens is 569 g/mol. The lowest BCUT2D eigenvalue weighted by Crippen LogP contribution is -2.52. The van der Waals surface area contributed by atoms with Crippen LogP contribution in [0.25, 0.3) is 0 Å². The fourth-order valence-electron chi connectivity index (χ4n) is 5.62. The lowest BCUT2D eigenvalue weighted by atomic mass is 9.78. The minimum Gasteiger partial charge on any atom is -0.295 e. The van der Waals surface area contributed by atoms with Crippen LogP contribution in [0.4, 0.5) is 4.39 Å². The van der Waals surface area contributed by atoms with Crippen molar-refractivity contribution in [2.45, 2.75) is 92.9 Å². The highest BCUT2D eigenvalue weighted by Gasteiger charge is 2.42. The number of halogens is 3. The fraction of sp³-hybridized carbons (Fsp3) is 0.857. The molecule has 0 N–H and O–H groups in total. The number of nitrogens with zero attached hydrogens (tertiary/aromatic N) is 2. The zero-order valence-electron chi connectivity index (χ0n) is 16.4. The van der Waals surface area contributed by atoms with Crippen LogP contribution in [0.3, 0.4) is 0 Å². The molecule has 3 aliphatic rings. The van der Waals surface area contributed by atoms with Gasteiger partial charge in [-0.1, -0.05) is 19.4 Å². The van der Waals surface area contributed by atoms with E-state index in [-0.39, 0.29) is 17.9 Å². The molecule has 1 aliphatic heterocycles. The molecule has 4 unspecified atom stereocenters. The summed E-state index contributed by atoms with van der Waals surface area (Å²) in [5.74, 6) is 0.969. The largest absolute Gasteiger partial charge is 0.295 e. The summed E-state index contributed by atoms with van der Waals surface area (Å²) in [5.41, 5.74) is 0. The van der Waals surface area contributed by atoms with Crippen LogP contribution in [0.1, 0.15) is 71.1 Å². The molecule has 0 aromatic heterocycles. The number of likely N-dealkylation sites (tertiary alicyclic amines) is 1. The highest BCUT2D eigenvalue weighted by atomic mass is 127. The van der Waals surface area contributed by atoms with Crippen LogP contribution >= 0.6 is 45.5 Å². The number of amides is 1. The number of fused-ring (bicyclic) bond motifs is 1. The summed E-state index contributed by atoms with van der Waals surface area (Å²) in [5, 5.41) is 0. The second-order valence-corrected chi connectivity index (χ2v) is 12.0. The van der Waals surface area contributed by atoms with Crippen molar-refractivity contribution in [3.05, 3.63) is 12.7 Å². The first-order valence-electron chi connectivity index (χ1n) is 10.6. The molecule has 27 heavy (non-hydrogen) atoms. The number of rotatable bonds is 4. The molecule has 1 heterocycles. The normalized spacial score (nSPS) is 37.6. The molecule has 0 spiro atoms. The van der Waals surface area contributed by atoms with Gasteiger partial charge >= 0.3 is 0 Å². The van der Waals surface area contributed by atoms with E-state index in [0.29, 0.717) is 12.1 Å². The highest BCUT2D eigenvalue weighted by molar-refractivity contribution is 14.1. The van der Waals surface area contributed by atoms with Gasteiger partial charge in [0, 0.05) is 24.5 Å². The summed E-state index contributed by atoms with van der Waals surface area (Å²) in [4.78, 5) is 15.0. The molecule has 4 atom stereocenters. The third-order valence-corrected chi connectivity index (χ3v) is 9.32. The van der Waals surface area contributed by atoms with E-state index in [1.165, 1.54) is 38.2 Å². The number of alkyl halides is 2. The standard InChI is InChI=1S/C21H33FI2N2O/c1-3-20(27)26(24)18-11-8-15-6-4-5-7-19(15)25(14-18)17-12-9-16(10-13-17)21(2,22)23/h3,15-19H,1,4-14H2,2H3. The molecule has 1 saturated heterocycles. The van der Waals surface area contributed by atoms with Crippen molar-refractivity contribution in [3.63, 3.8) is 0 Å². The van der Waals surface area contributed by atoms with Crippen LogP contribution in [0.15, 0.2) is 12.7 Å². The van der Waals surface area contributed by atoms with Gasteiger partial charge < -0.3 is 0 Å². The van der Waals surface area contributed by atoms with Gasteiger partial charge in [-0.3, -0.25) is 12.8 Å². The Kier molecular flexibility index (Phi) is 7.89. The first-order chi connectivity index (χ1) is 12.8. The molecule has 2 saturated carbocycles. The first kappa shape index (κ1) is 22.2. The van der Waals surface area contributed by atoms with Gasteiger partial charge in [0.2, 0.25) is 0 Å². The predicted molar refractivity (Wildman–Crippen MR) is 126 cm³/mol. The van der Waals surface area contributed by atoms with E-state index >= 15 is 0 Å². The SMILES string of the molecule is C=CC(=O)N(I)C1CCC2CCCCC2N(C2CCC(C(C)(F)I)CC2)C1. The number of carbonyl (C=O) groups is 1. The van der Waals surface area contributed by atoms with Gasteiger partial charge in [-0.15, -0.1) is 0 Å². The van der Waals surface area contributed by atoms with E-state index in [1.807, 2.05) is 25.7 Å². The van der Waals surface area contributed by atoms with Crippen LogP contribution in [0.2, 0.25) is 0 Å². The van der Waals surface area contributed by atoms with Gasteiger partial charge in [-0.05, 0) is 92.9 Å². The van der Waals surface area contributed by atoms with E-state index in [1.54, 1.807) is 6.92 Å². The molecule has 6 heteroatoms. The summed E-state index contributed by atoms with van der Waals surface area (Å²) >= 11 is 4.17. The molecule has 1 amide bonds. The topological polar surface area (TPSA) is 23.6 Å². The molecule has 2 aliphatic carbocycles. The molecular formula is C21H33FI2N2O.